The van der Waals surface area contributed by atoms with Crippen molar-refractivity contribution in [2.45, 2.75) is 32.0 Å². The van der Waals surface area contributed by atoms with Crippen LogP contribution >= 0.6 is 0 Å². The van der Waals surface area contributed by atoms with Crippen molar-refractivity contribution in [3.63, 3.8) is 0 Å². The molecule has 0 unspecified atom stereocenters. The summed E-state index contributed by atoms with van der Waals surface area (Å²) in [7, 11) is 0. The summed E-state index contributed by atoms with van der Waals surface area (Å²) >= 11 is 0. The van der Waals surface area contributed by atoms with Gasteiger partial charge >= 0.3 is 6.18 Å². The molecular formula is C20H27F3N4O3. The largest absolute Gasteiger partial charge is 0.418 e. The molecule has 1 atom stereocenters. The summed E-state index contributed by atoms with van der Waals surface area (Å²) in [6.45, 7) is 3.43. The Morgan fingerprint density at radius 2 is 2.13 bits per heavy atom. The van der Waals surface area contributed by atoms with Gasteiger partial charge in [0.2, 0.25) is 5.91 Å². The quantitative estimate of drug-likeness (QED) is 0.662. The molecule has 3 N–H and O–H groups in total. The maximum Gasteiger partial charge on any atom is 0.418 e. The average molecular weight is 428 g/mol. The van der Waals surface area contributed by atoms with Gasteiger partial charge in [0.15, 0.2) is 0 Å². The molecule has 1 aromatic rings. The van der Waals surface area contributed by atoms with Gasteiger partial charge in [0.05, 0.1) is 17.9 Å². The maximum atomic E-state index is 13.7. The molecule has 1 saturated heterocycles. The van der Waals surface area contributed by atoms with Gasteiger partial charge in [-0.1, -0.05) is 6.92 Å². The molecule has 2 amide bonds. The van der Waals surface area contributed by atoms with Crippen LogP contribution < -0.4 is 16.0 Å². The zero-order valence-corrected chi connectivity index (χ0v) is 16.9. The van der Waals surface area contributed by atoms with E-state index in [4.69, 9.17) is 10.5 Å². The van der Waals surface area contributed by atoms with E-state index in [1.165, 1.54) is 17.0 Å². The Balaban J connectivity index is 1.83. The fraction of sp³-hybridized carbons (Fsp3) is 0.600. The van der Waals surface area contributed by atoms with Crippen molar-refractivity contribution in [3.05, 3.63) is 23.8 Å². The first-order valence-corrected chi connectivity index (χ1v) is 10.1. The minimum Gasteiger partial charge on any atom is -0.370 e. The van der Waals surface area contributed by atoms with Crippen molar-refractivity contribution in [1.29, 1.82) is 0 Å². The molecule has 7 nitrogen and oxygen atoms in total. The second kappa shape index (κ2) is 9.32. The number of ether oxygens (including phenoxy) is 1. The number of nitrogens with one attached hydrogen (secondary N) is 1. The molecule has 1 saturated carbocycles. The van der Waals surface area contributed by atoms with E-state index in [2.05, 4.69) is 5.32 Å². The van der Waals surface area contributed by atoms with Crippen LogP contribution in [0.15, 0.2) is 18.2 Å². The lowest BCUT2D eigenvalue weighted by molar-refractivity contribution is -0.137. The lowest BCUT2D eigenvalue weighted by Gasteiger charge is -2.30. The molecule has 2 fully saturated rings. The second-order valence-corrected chi connectivity index (χ2v) is 7.60. The van der Waals surface area contributed by atoms with Gasteiger partial charge in [-0.2, -0.15) is 13.2 Å². The van der Waals surface area contributed by atoms with Crippen LogP contribution in [0.4, 0.5) is 24.5 Å². The normalized spacial score (nSPS) is 18.6. The molecule has 166 valence electrons. The van der Waals surface area contributed by atoms with E-state index in [9.17, 15) is 22.8 Å². The highest BCUT2D eigenvalue weighted by Crippen LogP contribution is 2.38. The lowest BCUT2D eigenvalue weighted by Crippen LogP contribution is -2.49. The minimum atomic E-state index is -4.70. The van der Waals surface area contributed by atoms with Crippen LogP contribution in [0.5, 0.6) is 0 Å². The summed E-state index contributed by atoms with van der Waals surface area (Å²) in [5.74, 6) is -0.461. The zero-order valence-electron chi connectivity index (χ0n) is 16.9. The Bertz CT molecular complexity index is 783. The zero-order chi connectivity index (χ0) is 21.9. The predicted molar refractivity (Wildman–Crippen MR) is 106 cm³/mol. The predicted octanol–water partition coefficient (Wildman–Crippen LogP) is 2.07. The third-order valence-electron chi connectivity index (χ3n) is 5.43. The first kappa shape index (κ1) is 22.5. The van der Waals surface area contributed by atoms with Gasteiger partial charge in [-0.15, -0.1) is 0 Å². The van der Waals surface area contributed by atoms with Crippen LogP contribution in [0.3, 0.4) is 0 Å². The lowest BCUT2D eigenvalue weighted by atomic mass is 10.1. The van der Waals surface area contributed by atoms with Gasteiger partial charge in [0, 0.05) is 25.3 Å². The molecular weight excluding hydrogens is 401 g/mol. The van der Waals surface area contributed by atoms with Gasteiger partial charge in [-0.05, 0) is 43.5 Å². The molecule has 0 aromatic heterocycles. The molecule has 0 bridgehead atoms. The third kappa shape index (κ3) is 5.30. The van der Waals surface area contributed by atoms with Crippen molar-refractivity contribution >= 4 is 23.2 Å². The molecule has 1 aliphatic heterocycles. The fourth-order valence-electron chi connectivity index (χ4n) is 3.58. The topological polar surface area (TPSA) is 87.9 Å². The van der Waals surface area contributed by atoms with Gasteiger partial charge in [0.1, 0.15) is 12.6 Å². The Labute approximate surface area is 173 Å². The standard InChI is InChI=1S/C20H27F3N4O3/c1-2-26(11-13-3-4-13)17(10-24)19(29)25-16-6-5-14(9-15(16)20(21,22)23)27-7-8-30-12-18(27)28/h5-6,9,13,17H,2-4,7-8,10-12,24H2,1H3,(H,25,29)/t17-/m0/s1. The van der Waals surface area contributed by atoms with E-state index in [1.807, 2.05) is 11.8 Å². The van der Waals surface area contributed by atoms with E-state index in [0.29, 0.717) is 19.0 Å². The summed E-state index contributed by atoms with van der Waals surface area (Å²) in [5.41, 5.74) is 4.54. The van der Waals surface area contributed by atoms with E-state index in [0.717, 1.165) is 18.9 Å². The molecule has 0 radical (unpaired) electrons. The molecule has 10 heteroatoms. The number of amides is 2. The number of nitrogens with zero attached hydrogens (tertiary/aromatic N) is 2. The number of hydrogen-bond donors (Lipinski definition) is 2. The van der Waals surface area contributed by atoms with Crippen LogP contribution in [-0.2, 0) is 20.5 Å². The van der Waals surface area contributed by atoms with Crippen LogP contribution in [0.25, 0.3) is 0 Å². The summed E-state index contributed by atoms with van der Waals surface area (Å²) < 4.78 is 46.2. The number of halogens is 3. The molecule has 30 heavy (non-hydrogen) atoms. The van der Waals surface area contributed by atoms with Crippen molar-refractivity contribution in [2.75, 3.05) is 49.6 Å². The Morgan fingerprint density at radius 1 is 1.40 bits per heavy atom. The summed E-state index contributed by atoms with van der Waals surface area (Å²) in [6.07, 6.45) is -2.52. The van der Waals surface area contributed by atoms with Gasteiger partial charge in [-0.3, -0.25) is 14.5 Å². The van der Waals surface area contributed by atoms with Crippen LogP contribution in [-0.4, -0.2) is 62.1 Å². The van der Waals surface area contributed by atoms with Gasteiger partial charge in [0.25, 0.3) is 5.91 Å². The highest BCUT2D eigenvalue weighted by Gasteiger charge is 2.36. The summed E-state index contributed by atoms with van der Waals surface area (Å²) in [4.78, 5) is 27.9. The third-order valence-corrected chi connectivity index (χ3v) is 5.43. The monoisotopic (exact) mass is 428 g/mol. The van der Waals surface area contributed by atoms with Gasteiger partial charge < -0.3 is 20.7 Å². The highest BCUT2D eigenvalue weighted by atomic mass is 19.4. The highest BCUT2D eigenvalue weighted by molar-refractivity contribution is 5.98. The number of nitrogens with two attached hydrogens (primary N) is 1. The fourth-order valence-corrected chi connectivity index (χ4v) is 3.58. The van der Waals surface area contributed by atoms with E-state index < -0.39 is 29.6 Å². The molecule has 1 aliphatic carbocycles. The Morgan fingerprint density at radius 3 is 2.70 bits per heavy atom. The number of likely N-dealkylation sites (N-methyl/N-ethyl adjacent to an activating group) is 1. The van der Waals surface area contributed by atoms with E-state index in [1.54, 1.807) is 0 Å². The van der Waals surface area contributed by atoms with E-state index >= 15 is 0 Å². The number of rotatable bonds is 8. The second-order valence-electron chi connectivity index (χ2n) is 7.60. The number of anilines is 2. The van der Waals surface area contributed by atoms with Crippen LogP contribution in [0.1, 0.15) is 25.3 Å². The number of alkyl halides is 3. The summed E-state index contributed by atoms with van der Waals surface area (Å²) in [5, 5.41) is 2.41. The SMILES string of the molecule is CCN(CC1CC1)[C@@H](CN)C(=O)Nc1ccc(N2CCOCC2=O)cc1C(F)(F)F. The molecule has 0 spiro atoms. The smallest absolute Gasteiger partial charge is 0.370 e. The van der Waals surface area contributed by atoms with E-state index in [-0.39, 0.29) is 37.7 Å². The molecule has 1 heterocycles. The molecule has 2 aliphatic rings. The Hall–Kier alpha value is -2.17. The first-order chi connectivity index (χ1) is 14.2. The van der Waals surface area contributed by atoms with Gasteiger partial charge in [-0.25, -0.2) is 0 Å². The summed E-state index contributed by atoms with van der Waals surface area (Å²) in [6, 6.07) is 2.76. The Kier molecular flexibility index (Phi) is 6.99. The number of benzene rings is 1. The molecule has 1 aromatic carbocycles. The van der Waals surface area contributed by atoms with Crippen molar-refractivity contribution < 1.29 is 27.5 Å². The van der Waals surface area contributed by atoms with Crippen molar-refractivity contribution in [2.24, 2.45) is 11.7 Å². The van der Waals surface area contributed by atoms with Crippen molar-refractivity contribution in [1.82, 2.24) is 4.90 Å². The number of carbonyl (C=O) groups is 2. The van der Waals surface area contributed by atoms with Crippen LogP contribution in [0.2, 0.25) is 0 Å². The number of morpholine rings is 1. The van der Waals surface area contributed by atoms with Crippen molar-refractivity contribution in [3.8, 4) is 0 Å². The average Bonchev–Trinajstić information content (AvgIpc) is 3.52. The number of hydrogen-bond acceptors (Lipinski definition) is 5. The number of carbonyl (C=O) groups excluding carboxylic acids is 2. The first-order valence-electron chi connectivity index (χ1n) is 10.1. The van der Waals surface area contributed by atoms with Crippen LogP contribution in [0, 0.1) is 5.92 Å². The maximum absolute atomic E-state index is 13.7. The minimum absolute atomic E-state index is 0.00804. The molecule has 3 rings (SSSR count).